The zero-order valence-electron chi connectivity index (χ0n) is 10.7. The van der Waals surface area contributed by atoms with Crippen LogP contribution in [0.2, 0.25) is 0 Å². The Hall–Kier alpha value is -1.51. The van der Waals surface area contributed by atoms with Gasteiger partial charge >= 0.3 is 0 Å². The van der Waals surface area contributed by atoms with Gasteiger partial charge in [0.2, 0.25) is 16.0 Å². The summed E-state index contributed by atoms with van der Waals surface area (Å²) in [6.07, 6.45) is 2.41. The van der Waals surface area contributed by atoms with Gasteiger partial charge in [0.05, 0.1) is 12.4 Å². The van der Waals surface area contributed by atoms with Gasteiger partial charge in [-0.25, -0.2) is 18.4 Å². The van der Waals surface area contributed by atoms with Gasteiger partial charge in [-0.1, -0.05) is 28.1 Å². The summed E-state index contributed by atoms with van der Waals surface area (Å²) < 4.78 is 26.8. The van der Waals surface area contributed by atoms with Crippen molar-refractivity contribution in [2.24, 2.45) is 0 Å². The van der Waals surface area contributed by atoms with Crippen LogP contribution in [-0.4, -0.2) is 29.7 Å². The van der Waals surface area contributed by atoms with Crippen molar-refractivity contribution in [1.82, 2.24) is 14.3 Å². The molecule has 8 heteroatoms. The second-order valence-electron chi connectivity index (χ2n) is 4.17. The molecule has 0 amide bonds. The minimum Gasteiger partial charge on any atom is -0.368 e. The van der Waals surface area contributed by atoms with Crippen molar-refractivity contribution in [3.8, 4) is 0 Å². The van der Waals surface area contributed by atoms with Crippen LogP contribution in [0.3, 0.4) is 0 Å². The molecule has 0 radical (unpaired) electrons. The SMILES string of the molecule is CN(Cc1cccc(Br)c1)S(=O)(=O)c1cnc(N)nc1. The molecule has 0 unspecified atom stereocenters. The number of sulfonamides is 1. The van der Waals surface area contributed by atoms with Crippen LogP contribution in [0.15, 0.2) is 46.0 Å². The molecule has 0 atom stereocenters. The lowest BCUT2D eigenvalue weighted by atomic mass is 10.2. The van der Waals surface area contributed by atoms with E-state index in [9.17, 15) is 8.42 Å². The molecule has 0 spiro atoms. The Morgan fingerprint density at radius 2 is 1.95 bits per heavy atom. The lowest BCUT2D eigenvalue weighted by Gasteiger charge is -2.17. The highest BCUT2D eigenvalue weighted by atomic mass is 79.9. The molecule has 2 N–H and O–H groups in total. The predicted octanol–water partition coefficient (Wildman–Crippen LogP) is 1.64. The van der Waals surface area contributed by atoms with Gasteiger partial charge in [0.15, 0.2) is 0 Å². The van der Waals surface area contributed by atoms with E-state index < -0.39 is 10.0 Å². The highest BCUT2D eigenvalue weighted by Gasteiger charge is 2.21. The van der Waals surface area contributed by atoms with E-state index in [0.29, 0.717) is 0 Å². The van der Waals surface area contributed by atoms with Crippen molar-refractivity contribution in [3.63, 3.8) is 0 Å². The smallest absolute Gasteiger partial charge is 0.246 e. The van der Waals surface area contributed by atoms with Crippen molar-refractivity contribution in [1.29, 1.82) is 0 Å². The Morgan fingerprint density at radius 1 is 1.30 bits per heavy atom. The summed E-state index contributed by atoms with van der Waals surface area (Å²) in [7, 11) is -2.12. The first-order valence-electron chi connectivity index (χ1n) is 5.68. The Labute approximate surface area is 125 Å². The minimum atomic E-state index is -3.63. The monoisotopic (exact) mass is 356 g/mol. The standard InChI is InChI=1S/C12H13BrN4O2S/c1-17(8-9-3-2-4-10(13)5-9)20(18,19)11-6-15-12(14)16-7-11/h2-7H,8H2,1H3,(H2,14,15,16). The van der Waals surface area contributed by atoms with Gasteiger partial charge < -0.3 is 5.73 Å². The summed E-state index contributed by atoms with van der Waals surface area (Å²) in [5.41, 5.74) is 6.23. The molecule has 2 aromatic rings. The van der Waals surface area contributed by atoms with Crippen molar-refractivity contribution in [2.75, 3.05) is 12.8 Å². The molecule has 2 rings (SSSR count). The van der Waals surface area contributed by atoms with Crippen LogP contribution >= 0.6 is 15.9 Å². The Kier molecular flexibility index (Phi) is 4.36. The normalized spacial score (nSPS) is 11.8. The summed E-state index contributed by atoms with van der Waals surface area (Å²) in [6, 6.07) is 7.46. The summed E-state index contributed by atoms with van der Waals surface area (Å²) >= 11 is 3.35. The van der Waals surface area contributed by atoms with Crippen LogP contribution < -0.4 is 5.73 Å². The molecule has 0 saturated heterocycles. The van der Waals surface area contributed by atoms with Crippen LogP contribution in [-0.2, 0) is 16.6 Å². The molecule has 0 fully saturated rings. The van der Waals surface area contributed by atoms with Crippen molar-refractivity contribution >= 4 is 31.9 Å². The number of nitrogens with two attached hydrogens (primary N) is 1. The number of hydrogen-bond donors (Lipinski definition) is 1. The highest BCUT2D eigenvalue weighted by Crippen LogP contribution is 2.17. The van der Waals surface area contributed by atoms with Gasteiger partial charge in [-0.15, -0.1) is 0 Å². The number of nitrogens with zero attached hydrogens (tertiary/aromatic N) is 3. The molecule has 6 nitrogen and oxygen atoms in total. The number of anilines is 1. The van der Waals surface area contributed by atoms with Gasteiger partial charge in [-0.2, -0.15) is 4.31 Å². The maximum Gasteiger partial charge on any atom is 0.246 e. The maximum atomic E-state index is 12.3. The van der Waals surface area contributed by atoms with Crippen molar-refractivity contribution < 1.29 is 8.42 Å². The summed E-state index contributed by atoms with van der Waals surface area (Å²) in [5, 5.41) is 0. The van der Waals surface area contributed by atoms with Crippen molar-refractivity contribution in [2.45, 2.75) is 11.4 Å². The Bertz CT molecular complexity index is 704. The Balaban J connectivity index is 2.23. The fourth-order valence-corrected chi connectivity index (χ4v) is 3.11. The maximum absolute atomic E-state index is 12.3. The van der Waals surface area contributed by atoms with E-state index in [1.54, 1.807) is 0 Å². The zero-order valence-corrected chi connectivity index (χ0v) is 13.1. The number of halogens is 1. The third-order valence-electron chi connectivity index (χ3n) is 2.65. The van der Waals surface area contributed by atoms with E-state index in [4.69, 9.17) is 5.73 Å². The predicted molar refractivity (Wildman–Crippen MR) is 79.2 cm³/mol. The fraction of sp³-hybridized carbons (Fsp3) is 0.167. The van der Waals surface area contributed by atoms with Gasteiger partial charge in [-0.05, 0) is 17.7 Å². The van der Waals surface area contributed by atoms with Gasteiger partial charge in [0, 0.05) is 18.1 Å². The van der Waals surface area contributed by atoms with Crippen molar-refractivity contribution in [3.05, 3.63) is 46.7 Å². The molecular weight excluding hydrogens is 344 g/mol. The average molecular weight is 357 g/mol. The lowest BCUT2D eigenvalue weighted by molar-refractivity contribution is 0.466. The van der Waals surface area contributed by atoms with Crippen LogP contribution in [0.4, 0.5) is 5.95 Å². The molecule has 1 heterocycles. The molecule has 0 saturated carbocycles. The largest absolute Gasteiger partial charge is 0.368 e. The molecule has 20 heavy (non-hydrogen) atoms. The first kappa shape index (κ1) is 14.9. The minimum absolute atomic E-state index is 0.0178. The zero-order chi connectivity index (χ0) is 14.8. The van der Waals surface area contributed by atoms with Crippen LogP contribution in [0.5, 0.6) is 0 Å². The second-order valence-corrected chi connectivity index (χ2v) is 7.13. The second kappa shape index (κ2) is 5.86. The highest BCUT2D eigenvalue weighted by molar-refractivity contribution is 9.10. The molecule has 106 valence electrons. The van der Waals surface area contributed by atoms with Gasteiger partial charge in [0.25, 0.3) is 0 Å². The molecule has 0 bridgehead atoms. The molecular formula is C12H13BrN4O2S. The third kappa shape index (κ3) is 3.33. The van der Waals surface area contributed by atoms with Crippen LogP contribution in [0.1, 0.15) is 5.56 Å². The first-order chi connectivity index (χ1) is 9.39. The number of hydrogen-bond acceptors (Lipinski definition) is 5. The average Bonchev–Trinajstić information content (AvgIpc) is 2.39. The molecule has 1 aromatic carbocycles. The van der Waals surface area contributed by atoms with E-state index in [1.807, 2.05) is 24.3 Å². The number of nitrogen functional groups attached to an aromatic ring is 1. The molecule has 0 aliphatic rings. The Morgan fingerprint density at radius 3 is 2.55 bits per heavy atom. The van der Waals surface area contributed by atoms with Gasteiger partial charge in [-0.3, -0.25) is 0 Å². The summed E-state index contributed by atoms with van der Waals surface area (Å²) in [6.45, 7) is 0.256. The van der Waals surface area contributed by atoms with Crippen LogP contribution in [0, 0.1) is 0 Å². The van der Waals surface area contributed by atoms with E-state index in [-0.39, 0.29) is 17.4 Å². The van der Waals surface area contributed by atoms with E-state index >= 15 is 0 Å². The number of rotatable bonds is 4. The third-order valence-corrected chi connectivity index (χ3v) is 4.90. The summed E-state index contributed by atoms with van der Waals surface area (Å²) in [4.78, 5) is 7.42. The topological polar surface area (TPSA) is 89.2 Å². The first-order valence-corrected chi connectivity index (χ1v) is 7.91. The summed E-state index contributed by atoms with van der Waals surface area (Å²) in [5.74, 6) is 0.0404. The van der Waals surface area contributed by atoms with E-state index in [2.05, 4.69) is 25.9 Å². The van der Waals surface area contributed by atoms with E-state index in [1.165, 1.54) is 23.7 Å². The number of benzene rings is 1. The molecule has 0 aliphatic carbocycles. The van der Waals surface area contributed by atoms with Gasteiger partial charge in [0.1, 0.15) is 4.90 Å². The van der Waals surface area contributed by atoms with E-state index in [0.717, 1.165) is 10.0 Å². The lowest BCUT2D eigenvalue weighted by Crippen LogP contribution is -2.26. The molecule has 1 aromatic heterocycles. The fourth-order valence-electron chi connectivity index (χ4n) is 1.62. The molecule has 0 aliphatic heterocycles. The number of aromatic nitrogens is 2. The van der Waals surface area contributed by atoms with Crippen LogP contribution in [0.25, 0.3) is 0 Å². The quantitative estimate of drug-likeness (QED) is 0.899.